The third kappa shape index (κ3) is 4.47. The van der Waals surface area contributed by atoms with Gasteiger partial charge >= 0.3 is 0 Å². The van der Waals surface area contributed by atoms with Gasteiger partial charge in [0.15, 0.2) is 5.13 Å². The molecule has 0 radical (unpaired) electrons. The molecular weight excluding hydrogens is 404 g/mol. The second-order valence-electron chi connectivity index (χ2n) is 6.20. The van der Waals surface area contributed by atoms with Gasteiger partial charge in [0.05, 0.1) is 5.69 Å². The maximum atomic E-state index is 12.5. The summed E-state index contributed by atoms with van der Waals surface area (Å²) in [4.78, 5) is 24.8. The van der Waals surface area contributed by atoms with E-state index in [1.54, 1.807) is 29.6 Å². The van der Waals surface area contributed by atoms with Crippen molar-refractivity contribution < 1.29 is 9.53 Å². The molecule has 0 unspecified atom stereocenters. The van der Waals surface area contributed by atoms with Crippen LogP contribution in [-0.4, -0.2) is 34.4 Å². The van der Waals surface area contributed by atoms with Gasteiger partial charge in [0.1, 0.15) is 23.1 Å². The van der Waals surface area contributed by atoms with E-state index in [0.717, 1.165) is 30.2 Å². The molecule has 0 saturated heterocycles. The number of halogens is 1. The zero-order valence-electron chi connectivity index (χ0n) is 14.6. The minimum atomic E-state index is -0.247. The average molecular weight is 421 g/mol. The molecule has 3 aromatic rings. The Bertz CT molecular complexity index is 955. The number of likely N-dealkylation sites (N-methyl/N-ethyl adjacent to an activating group) is 1. The monoisotopic (exact) mass is 420 g/mol. The Morgan fingerprint density at radius 2 is 2.15 bits per heavy atom. The van der Waals surface area contributed by atoms with E-state index in [4.69, 9.17) is 16.3 Å². The van der Waals surface area contributed by atoms with Gasteiger partial charge in [-0.3, -0.25) is 10.1 Å². The largest absolute Gasteiger partial charge is 0.486 e. The lowest BCUT2D eigenvalue weighted by atomic mass is 10.2. The molecule has 3 heterocycles. The van der Waals surface area contributed by atoms with Crippen LogP contribution in [0.2, 0.25) is 5.02 Å². The van der Waals surface area contributed by atoms with Gasteiger partial charge in [-0.05, 0) is 31.3 Å². The van der Waals surface area contributed by atoms with E-state index in [1.807, 2.05) is 0 Å². The molecule has 2 aromatic heterocycles. The number of anilines is 1. The minimum Gasteiger partial charge on any atom is -0.486 e. The molecule has 0 bridgehead atoms. The summed E-state index contributed by atoms with van der Waals surface area (Å²) in [6.45, 7) is 2.18. The number of hydrogen-bond donors (Lipinski definition) is 1. The van der Waals surface area contributed by atoms with Crippen molar-refractivity contribution in [3.8, 4) is 5.75 Å². The van der Waals surface area contributed by atoms with Crippen LogP contribution in [0.4, 0.5) is 5.13 Å². The Morgan fingerprint density at radius 1 is 1.33 bits per heavy atom. The van der Waals surface area contributed by atoms with Gasteiger partial charge in [0.2, 0.25) is 0 Å². The third-order valence-corrected chi connectivity index (χ3v) is 6.18. The first-order chi connectivity index (χ1) is 13.1. The molecule has 0 fully saturated rings. The minimum absolute atomic E-state index is 0.247. The second kappa shape index (κ2) is 7.93. The van der Waals surface area contributed by atoms with Gasteiger partial charge in [0, 0.05) is 34.8 Å². The van der Waals surface area contributed by atoms with Crippen LogP contribution in [0.15, 0.2) is 29.6 Å². The zero-order valence-corrected chi connectivity index (χ0v) is 17.0. The maximum absolute atomic E-state index is 12.5. The van der Waals surface area contributed by atoms with Crippen LogP contribution in [0, 0.1) is 0 Å². The number of amides is 1. The van der Waals surface area contributed by atoms with Crippen molar-refractivity contribution in [3.05, 3.63) is 55.9 Å². The summed E-state index contributed by atoms with van der Waals surface area (Å²) in [6.07, 6.45) is 0.918. The Labute approximate surface area is 169 Å². The number of nitrogens with one attached hydrogen (secondary N) is 1. The van der Waals surface area contributed by atoms with Crippen LogP contribution < -0.4 is 10.1 Å². The number of hydrogen-bond acceptors (Lipinski definition) is 7. The van der Waals surface area contributed by atoms with Crippen LogP contribution in [0.5, 0.6) is 5.75 Å². The number of ether oxygens (including phenoxy) is 1. The Hall–Kier alpha value is -2.00. The first-order valence-corrected chi connectivity index (χ1v) is 10.5. The van der Waals surface area contributed by atoms with Crippen LogP contribution in [0.25, 0.3) is 0 Å². The standard InChI is InChI=1S/C18H17ClN4O2S2/c1-23-7-6-13-15(8-23)27-18(21-13)22-17(24)14-10-26-16(20-14)9-25-12-4-2-11(19)3-5-12/h2-5,10H,6-9H2,1H3,(H,21,22,24). The molecule has 4 rings (SSSR count). The molecule has 0 aliphatic carbocycles. The topological polar surface area (TPSA) is 67.4 Å². The molecule has 1 amide bonds. The van der Waals surface area contributed by atoms with Crippen LogP contribution in [0.3, 0.4) is 0 Å². The number of carbonyl (C=O) groups excluding carboxylic acids is 1. The highest BCUT2D eigenvalue weighted by Crippen LogP contribution is 2.28. The Morgan fingerprint density at radius 3 is 2.96 bits per heavy atom. The number of aromatic nitrogens is 2. The number of thiazole rings is 2. The van der Waals surface area contributed by atoms with E-state index in [0.29, 0.717) is 28.2 Å². The molecule has 9 heteroatoms. The van der Waals surface area contributed by atoms with Gasteiger partial charge < -0.3 is 9.64 Å². The van der Waals surface area contributed by atoms with Gasteiger partial charge in [-0.25, -0.2) is 9.97 Å². The molecule has 1 aromatic carbocycles. The van der Waals surface area contributed by atoms with Crippen LogP contribution in [-0.2, 0) is 19.6 Å². The number of carbonyl (C=O) groups is 1. The van der Waals surface area contributed by atoms with Crippen molar-refractivity contribution in [1.29, 1.82) is 0 Å². The van der Waals surface area contributed by atoms with E-state index in [1.165, 1.54) is 27.6 Å². The quantitative estimate of drug-likeness (QED) is 0.673. The fourth-order valence-electron chi connectivity index (χ4n) is 2.70. The highest BCUT2D eigenvalue weighted by molar-refractivity contribution is 7.16. The number of rotatable bonds is 5. The lowest BCUT2D eigenvalue weighted by Crippen LogP contribution is -2.25. The van der Waals surface area contributed by atoms with E-state index in [-0.39, 0.29) is 5.91 Å². The predicted octanol–water partition coefficient (Wildman–Crippen LogP) is 4.07. The summed E-state index contributed by atoms with van der Waals surface area (Å²) in [5.41, 5.74) is 1.46. The summed E-state index contributed by atoms with van der Waals surface area (Å²) in [7, 11) is 2.09. The summed E-state index contributed by atoms with van der Waals surface area (Å²) in [6, 6.07) is 7.13. The number of nitrogens with zero attached hydrogens (tertiary/aromatic N) is 3. The number of fused-ring (bicyclic) bond motifs is 1. The molecule has 1 aliphatic rings. The first kappa shape index (κ1) is 18.4. The Balaban J connectivity index is 1.36. The van der Waals surface area contributed by atoms with Crippen molar-refractivity contribution in [2.45, 2.75) is 19.6 Å². The molecule has 1 aliphatic heterocycles. The lowest BCUT2D eigenvalue weighted by Gasteiger charge is -2.20. The smallest absolute Gasteiger partial charge is 0.276 e. The maximum Gasteiger partial charge on any atom is 0.276 e. The first-order valence-electron chi connectivity index (χ1n) is 8.38. The normalized spacial score (nSPS) is 14.0. The SMILES string of the molecule is CN1CCc2nc(NC(=O)c3csc(COc4ccc(Cl)cc4)n3)sc2C1. The summed E-state index contributed by atoms with van der Waals surface area (Å²) in [5.74, 6) is 0.461. The van der Waals surface area contributed by atoms with Gasteiger partial charge in [-0.15, -0.1) is 22.7 Å². The van der Waals surface area contributed by atoms with Gasteiger partial charge in [0.25, 0.3) is 5.91 Å². The van der Waals surface area contributed by atoms with Gasteiger partial charge in [-0.2, -0.15) is 0 Å². The molecule has 27 heavy (non-hydrogen) atoms. The van der Waals surface area contributed by atoms with Crippen molar-refractivity contribution in [2.75, 3.05) is 18.9 Å². The van der Waals surface area contributed by atoms with E-state index < -0.39 is 0 Å². The van der Waals surface area contributed by atoms with Crippen LogP contribution >= 0.6 is 34.3 Å². The zero-order chi connectivity index (χ0) is 18.8. The second-order valence-corrected chi connectivity index (χ2v) is 8.66. The van der Waals surface area contributed by atoms with Crippen LogP contribution in [0.1, 0.15) is 26.1 Å². The fourth-order valence-corrected chi connectivity index (χ4v) is 4.59. The van der Waals surface area contributed by atoms with Gasteiger partial charge in [-0.1, -0.05) is 11.6 Å². The summed E-state index contributed by atoms with van der Waals surface area (Å²) < 4.78 is 5.67. The van der Waals surface area contributed by atoms with E-state index in [9.17, 15) is 4.79 Å². The summed E-state index contributed by atoms with van der Waals surface area (Å²) >= 11 is 8.78. The van der Waals surface area contributed by atoms with Crippen molar-refractivity contribution >= 4 is 45.3 Å². The summed E-state index contributed by atoms with van der Waals surface area (Å²) in [5, 5.41) is 6.62. The van der Waals surface area contributed by atoms with E-state index in [2.05, 4.69) is 27.2 Å². The highest BCUT2D eigenvalue weighted by Gasteiger charge is 2.20. The molecule has 140 valence electrons. The predicted molar refractivity (Wildman–Crippen MR) is 108 cm³/mol. The van der Waals surface area contributed by atoms with E-state index >= 15 is 0 Å². The molecule has 0 atom stereocenters. The average Bonchev–Trinajstić information content (AvgIpc) is 3.27. The molecule has 0 saturated carbocycles. The van der Waals surface area contributed by atoms with Crippen molar-refractivity contribution in [2.24, 2.45) is 0 Å². The van der Waals surface area contributed by atoms with Crippen molar-refractivity contribution in [1.82, 2.24) is 14.9 Å². The molecule has 1 N–H and O–H groups in total. The lowest BCUT2D eigenvalue weighted by molar-refractivity contribution is 0.102. The highest BCUT2D eigenvalue weighted by atomic mass is 35.5. The molecule has 0 spiro atoms. The third-order valence-electron chi connectivity index (χ3n) is 4.10. The Kier molecular flexibility index (Phi) is 5.40. The molecular formula is C18H17ClN4O2S2. The molecule has 6 nitrogen and oxygen atoms in total. The number of benzene rings is 1. The fraction of sp³-hybridized carbons (Fsp3) is 0.278. The van der Waals surface area contributed by atoms with Crippen molar-refractivity contribution in [3.63, 3.8) is 0 Å².